The van der Waals surface area contributed by atoms with Crippen LogP contribution in [0.3, 0.4) is 0 Å². The summed E-state index contributed by atoms with van der Waals surface area (Å²) in [7, 11) is 1.64. The van der Waals surface area contributed by atoms with Crippen LogP contribution in [0, 0.1) is 11.7 Å². The van der Waals surface area contributed by atoms with E-state index >= 15 is 0 Å². The molecule has 0 aromatic heterocycles. The molecule has 0 radical (unpaired) electrons. The monoisotopic (exact) mass is 1010 g/mol. The van der Waals surface area contributed by atoms with E-state index in [0.29, 0.717) is 25.2 Å². The molecule has 1 amide bonds. The fraction of sp³-hybridized carbons (Fsp3) is 0.312. The standard InChI is InChI=1S/C64H69FN4O2S2/c1-3-59(67-71-2)62-58(49-35-37-56(65)38-36-49)47-57-39-40-60(62)69(57)43-22-42-68(44-46-73-64(53-29-16-7-17-30-53,54-31-18-8-19-32-54)55-33-20-9-21-34-55)48-61(70)66-41-45-72-63(50-23-10-4-11-24-50,51-25-12-5-13-26-51)52-27-14-6-15-28-52/h4-21,23-38,57-58,60,62H,3,22,39-48H2,1-2H3,(H,66,70)/b67-59+/t57?,58-,60?,62-/m1/s1. The molecule has 0 spiro atoms. The molecule has 7 aromatic rings. The number of piperidine rings is 1. The van der Waals surface area contributed by atoms with Crippen LogP contribution in [0.2, 0.25) is 0 Å². The average Bonchev–Trinajstić information content (AvgIpc) is 3.73. The lowest BCUT2D eigenvalue weighted by molar-refractivity contribution is -0.122. The topological polar surface area (TPSA) is 57.2 Å². The minimum absolute atomic E-state index is 0.0411. The van der Waals surface area contributed by atoms with Crippen molar-refractivity contribution in [3.05, 3.63) is 251 Å². The van der Waals surface area contributed by atoms with E-state index in [1.54, 1.807) is 19.2 Å². The Kier molecular flexibility index (Phi) is 18.0. The Morgan fingerprint density at radius 2 is 1.10 bits per heavy atom. The molecule has 7 aromatic carbocycles. The Hall–Kier alpha value is -5.97. The molecule has 0 aliphatic carbocycles. The molecular weight excluding hydrogens is 940 g/mol. The van der Waals surface area contributed by atoms with Crippen molar-refractivity contribution in [3.63, 3.8) is 0 Å². The van der Waals surface area contributed by atoms with Crippen molar-refractivity contribution in [2.24, 2.45) is 11.1 Å². The van der Waals surface area contributed by atoms with Gasteiger partial charge in [0.2, 0.25) is 5.91 Å². The molecule has 4 atom stereocenters. The molecule has 2 heterocycles. The Morgan fingerprint density at radius 3 is 1.53 bits per heavy atom. The first kappa shape index (κ1) is 51.9. The lowest BCUT2D eigenvalue weighted by atomic mass is 9.73. The maximum absolute atomic E-state index is 14.4. The van der Waals surface area contributed by atoms with Gasteiger partial charge in [0.25, 0.3) is 0 Å². The van der Waals surface area contributed by atoms with E-state index in [4.69, 9.17) is 4.84 Å². The van der Waals surface area contributed by atoms with Crippen molar-refractivity contribution in [1.82, 2.24) is 15.1 Å². The second-order valence-corrected chi connectivity index (χ2v) is 21.9. The number of rotatable bonds is 24. The molecule has 2 unspecified atom stereocenters. The average molecular weight is 1010 g/mol. The van der Waals surface area contributed by atoms with Gasteiger partial charge in [-0.05, 0) is 102 Å². The normalized spacial score (nSPS) is 18.2. The first-order valence-electron chi connectivity index (χ1n) is 26.2. The zero-order valence-electron chi connectivity index (χ0n) is 42.3. The molecule has 73 heavy (non-hydrogen) atoms. The third kappa shape index (κ3) is 11.9. The van der Waals surface area contributed by atoms with E-state index in [0.717, 1.165) is 69.0 Å². The van der Waals surface area contributed by atoms with Gasteiger partial charge < -0.3 is 10.2 Å². The summed E-state index contributed by atoms with van der Waals surface area (Å²) in [6.07, 6.45) is 4.94. The highest BCUT2D eigenvalue weighted by atomic mass is 32.2. The van der Waals surface area contributed by atoms with Crippen molar-refractivity contribution < 1.29 is 14.0 Å². The summed E-state index contributed by atoms with van der Waals surface area (Å²) in [6, 6.07) is 72.7. The first-order valence-corrected chi connectivity index (χ1v) is 28.1. The molecular formula is C64H69FN4O2S2. The number of thioether (sulfide) groups is 2. The highest BCUT2D eigenvalue weighted by molar-refractivity contribution is 8.00. The number of amides is 1. The number of carbonyl (C=O) groups is 1. The molecule has 2 aliphatic heterocycles. The molecule has 1 N–H and O–H groups in total. The summed E-state index contributed by atoms with van der Waals surface area (Å²) in [5.74, 6) is 1.78. The molecule has 376 valence electrons. The van der Waals surface area contributed by atoms with Gasteiger partial charge in [-0.25, -0.2) is 4.39 Å². The van der Waals surface area contributed by atoms with Crippen LogP contribution in [-0.2, 0) is 19.1 Å². The quantitative estimate of drug-likeness (QED) is 0.0282. The van der Waals surface area contributed by atoms with Crippen molar-refractivity contribution in [2.45, 2.75) is 66.5 Å². The molecule has 0 saturated carbocycles. The van der Waals surface area contributed by atoms with Gasteiger partial charge in [0.15, 0.2) is 0 Å². The summed E-state index contributed by atoms with van der Waals surface area (Å²) < 4.78 is 13.3. The van der Waals surface area contributed by atoms with E-state index in [9.17, 15) is 9.18 Å². The van der Waals surface area contributed by atoms with Gasteiger partial charge >= 0.3 is 0 Å². The molecule has 9 heteroatoms. The van der Waals surface area contributed by atoms with Crippen molar-refractivity contribution in [1.29, 1.82) is 0 Å². The van der Waals surface area contributed by atoms with Gasteiger partial charge in [0.05, 0.1) is 21.8 Å². The molecule has 9 rings (SSSR count). The van der Waals surface area contributed by atoms with Gasteiger partial charge in [-0.2, -0.15) is 0 Å². The number of nitrogens with zero attached hydrogens (tertiary/aromatic N) is 3. The lowest BCUT2D eigenvalue weighted by Gasteiger charge is -2.45. The molecule has 2 saturated heterocycles. The second kappa shape index (κ2) is 25.3. The number of nitrogens with one attached hydrogen (secondary N) is 1. The van der Waals surface area contributed by atoms with Gasteiger partial charge in [-0.1, -0.05) is 206 Å². The minimum Gasteiger partial charge on any atom is -0.399 e. The number of hydrogen-bond acceptors (Lipinski definition) is 7. The van der Waals surface area contributed by atoms with Gasteiger partial charge in [-0.15, -0.1) is 23.5 Å². The Morgan fingerprint density at radius 1 is 0.644 bits per heavy atom. The van der Waals surface area contributed by atoms with Crippen LogP contribution in [-0.4, -0.2) is 84.8 Å². The summed E-state index contributed by atoms with van der Waals surface area (Å²) >= 11 is 3.82. The van der Waals surface area contributed by atoms with Crippen LogP contribution in [0.25, 0.3) is 0 Å². The van der Waals surface area contributed by atoms with Crippen LogP contribution >= 0.6 is 23.5 Å². The predicted molar refractivity (Wildman–Crippen MR) is 303 cm³/mol. The van der Waals surface area contributed by atoms with Gasteiger partial charge in [-0.3, -0.25) is 14.6 Å². The summed E-state index contributed by atoms with van der Waals surface area (Å²) in [5, 5.41) is 8.00. The van der Waals surface area contributed by atoms with Crippen LogP contribution in [0.4, 0.5) is 4.39 Å². The van der Waals surface area contributed by atoms with Crippen molar-refractivity contribution in [3.8, 4) is 0 Å². The first-order chi connectivity index (χ1) is 35.9. The van der Waals surface area contributed by atoms with Crippen molar-refractivity contribution >= 4 is 35.1 Å². The second-order valence-electron chi connectivity index (χ2n) is 19.3. The summed E-state index contributed by atoms with van der Waals surface area (Å²) in [4.78, 5) is 25.0. The number of fused-ring (bicyclic) bond motifs is 2. The number of hydrogen-bond donors (Lipinski definition) is 1. The summed E-state index contributed by atoms with van der Waals surface area (Å²) in [6.45, 7) is 5.46. The van der Waals surface area contributed by atoms with Gasteiger partial charge in [0, 0.05) is 42.6 Å². The lowest BCUT2D eigenvalue weighted by Crippen LogP contribution is -2.51. The summed E-state index contributed by atoms with van der Waals surface area (Å²) in [5.41, 5.74) is 9.58. The Balaban J connectivity index is 0.943. The van der Waals surface area contributed by atoms with Crippen LogP contribution in [0.5, 0.6) is 0 Å². The molecule has 2 bridgehead atoms. The Labute approximate surface area is 441 Å². The number of benzene rings is 7. The molecule has 2 fully saturated rings. The van der Waals surface area contributed by atoms with Crippen LogP contribution in [0.15, 0.2) is 211 Å². The van der Waals surface area contributed by atoms with E-state index in [2.05, 4.69) is 209 Å². The SMILES string of the molecule is CC/C(=N\OC)[C@@H]1C2CCC(C[C@@H]1c1ccc(F)cc1)N2CCCN(CCSC(c1ccccc1)(c1ccccc1)c1ccccc1)CC(=O)NCCSC(c1ccccc1)(c1ccccc1)c1ccccc1. The van der Waals surface area contributed by atoms with E-state index in [-0.39, 0.29) is 23.6 Å². The van der Waals surface area contributed by atoms with E-state index < -0.39 is 9.49 Å². The highest BCUT2D eigenvalue weighted by Gasteiger charge is 2.49. The largest absolute Gasteiger partial charge is 0.399 e. The van der Waals surface area contributed by atoms with Crippen LogP contribution in [0.1, 0.15) is 83.9 Å². The highest BCUT2D eigenvalue weighted by Crippen LogP contribution is 2.51. The fourth-order valence-corrected chi connectivity index (χ4v) is 14.9. The zero-order valence-corrected chi connectivity index (χ0v) is 43.9. The maximum atomic E-state index is 14.4. The maximum Gasteiger partial charge on any atom is 0.234 e. The molecule has 6 nitrogen and oxygen atoms in total. The number of halogens is 1. The molecule has 2 aliphatic rings. The van der Waals surface area contributed by atoms with E-state index in [1.165, 1.54) is 38.9 Å². The predicted octanol–water partition coefficient (Wildman–Crippen LogP) is 13.4. The van der Waals surface area contributed by atoms with Gasteiger partial charge in [0.1, 0.15) is 12.9 Å². The Bertz CT molecular complexity index is 2600. The fourth-order valence-electron chi connectivity index (χ4n) is 11.9. The van der Waals surface area contributed by atoms with Crippen LogP contribution < -0.4 is 5.32 Å². The third-order valence-corrected chi connectivity index (χ3v) is 18.2. The number of oxime groups is 1. The van der Waals surface area contributed by atoms with E-state index in [1.807, 2.05) is 35.7 Å². The number of carbonyl (C=O) groups excluding carboxylic acids is 1. The van der Waals surface area contributed by atoms with Crippen molar-refractivity contribution in [2.75, 3.05) is 51.3 Å². The third-order valence-electron chi connectivity index (χ3n) is 15.1. The smallest absolute Gasteiger partial charge is 0.234 e. The zero-order chi connectivity index (χ0) is 50.3. The minimum atomic E-state index is -0.459.